The van der Waals surface area contributed by atoms with E-state index in [4.69, 9.17) is 10.5 Å². The molecule has 1 aliphatic rings. The van der Waals surface area contributed by atoms with Crippen molar-refractivity contribution in [1.29, 1.82) is 0 Å². The van der Waals surface area contributed by atoms with Crippen molar-refractivity contribution in [2.45, 2.75) is 18.4 Å². The molecule has 1 aromatic rings. The second-order valence-electron chi connectivity index (χ2n) is 4.15. The summed E-state index contributed by atoms with van der Waals surface area (Å²) in [4.78, 5) is 0. The van der Waals surface area contributed by atoms with Crippen molar-refractivity contribution in [3.05, 3.63) is 35.9 Å². The third kappa shape index (κ3) is 1.18. The highest BCUT2D eigenvalue weighted by Gasteiger charge is 2.61. The van der Waals surface area contributed by atoms with Crippen LogP contribution >= 0.6 is 0 Å². The van der Waals surface area contributed by atoms with Gasteiger partial charge in [0.15, 0.2) is 0 Å². The van der Waals surface area contributed by atoms with Crippen molar-refractivity contribution in [2.75, 3.05) is 13.7 Å². The summed E-state index contributed by atoms with van der Waals surface area (Å²) in [6.07, 6.45) is 0.287. The van der Waals surface area contributed by atoms with Crippen LogP contribution in [-0.4, -0.2) is 19.8 Å². The molecule has 0 amide bonds. The highest BCUT2D eigenvalue weighted by atomic mass is 16.5. The molecule has 0 saturated heterocycles. The van der Waals surface area contributed by atoms with Crippen LogP contribution < -0.4 is 5.73 Å². The number of nitrogens with two attached hydrogens (primary N) is 1. The topological polar surface area (TPSA) is 35.2 Å². The van der Waals surface area contributed by atoms with Crippen molar-refractivity contribution in [3.8, 4) is 0 Å². The quantitative estimate of drug-likeness (QED) is 0.786. The Bertz CT molecular complexity index is 299. The van der Waals surface area contributed by atoms with Crippen LogP contribution in [-0.2, 0) is 10.2 Å². The minimum Gasteiger partial charge on any atom is -0.380 e. The molecule has 2 heteroatoms. The van der Waals surface area contributed by atoms with Crippen LogP contribution in [0.15, 0.2) is 30.3 Å². The Kier molecular flexibility index (Phi) is 2.33. The molecule has 14 heavy (non-hydrogen) atoms. The Hall–Kier alpha value is -0.860. The molecular formula is C12H17NO. The average Bonchev–Trinajstić information content (AvgIpc) is 2.85. The van der Waals surface area contributed by atoms with Gasteiger partial charge in [0.1, 0.15) is 0 Å². The average molecular weight is 191 g/mol. The summed E-state index contributed by atoms with van der Waals surface area (Å²) in [5.41, 5.74) is 7.20. The molecule has 0 bridgehead atoms. The van der Waals surface area contributed by atoms with Gasteiger partial charge in [-0.05, 0) is 12.1 Å². The largest absolute Gasteiger partial charge is 0.380 e. The first kappa shape index (κ1) is 9.69. The van der Waals surface area contributed by atoms with Gasteiger partial charge in [-0.25, -0.2) is 0 Å². The molecule has 1 fully saturated rings. The van der Waals surface area contributed by atoms with Gasteiger partial charge in [-0.1, -0.05) is 37.3 Å². The predicted octanol–water partition coefficient (Wildman–Crippen LogP) is 1.55. The van der Waals surface area contributed by atoms with Gasteiger partial charge in [0, 0.05) is 18.4 Å². The highest BCUT2D eigenvalue weighted by molar-refractivity contribution is 5.37. The van der Waals surface area contributed by atoms with Gasteiger partial charge < -0.3 is 10.5 Å². The second kappa shape index (κ2) is 3.37. The first-order valence-electron chi connectivity index (χ1n) is 5.03. The molecule has 1 aliphatic carbocycles. The van der Waals surface area contributed by atoms with E-state index < -0.39 is 0 Å². The molecule has 2 N–H and O–H groups in total. The summed E-state index contributed by atoms with van der Waals surface area (Å²) in [5, 5.41) is 0. The monoisotopic (exact) mass is 191 g/mol. The number of benzene rings is 1. The molecule has 0 aliphatic heterocycles. The first-order valence-corrected chi connectivity index (χ1v) is 5.03. The summed E-state index contributed by atoms with van der Waals surface area (Å²) in [6, 6.07) is 10.5. The van der Waals surface area contributed by atoms with E-state index in [1.54, 1.807) is 7.11 Å². The van der Waals surface area contributed by atoms with E-state index in [-0.39, 0.29) is 11.5 Å². The van der Waals surface area contributed by atoms with Crippen molar-refractivity contribution < 1.29 is 4.74 Å². The molecule has 0 radical (unpaired) electrons. The van der Waals surface area contributed by atoms with Crippen molar-refractivity contribution in [2.24, 2.45) is 11.7 Å². The zero-order valence-corrected chi connectivity index (χ0v) is 8.73. The molecule has 0 spiro atoms. The van der Waals surface area contributed by atoms with Crippen LogP contribution in [0.3, 0.4) is 0 Å². The van der Waals surface area contributed by atoms with Crippen LogP contribution in [0.25, 0.3) is 0 Å². The molecule has 0 unspecified atom stereocenters. The molecule has 2 nitrogen and oxygen atoms in total. The predicted molar refractivity (Wildman–Crippen MR) is 57.1 cm³/mol. The van der Waals surface area contributed by atoms with E-state index in [1.807, 2.05) is 6.07 Å². The SMILES string of the molecule is CO[C@H]1[C@H](CN)[C@@]1(C)c1ccccc1. The van der Waals surface area contributed by atoms with E-state index in [0.29, 0.717) is 12.5 Å². The summed E-state index contributed by atoms with van der Waals surface area (Å²) >= 11 is 0. The Balaban J connectivity index is 2.27. The highest BCUT2D eigenvalue weighted by Crippen LogP contribution is 2.55. The third-order valence-corrected chi connectivity index (χ3v) is 3.52. The number of ether oxygens (including phenoxy) is 1. The maximum absolute atomic E-state index is 5.73. The van der Waals surface area contributed by atoms with Gasteiger partial charge in [0.2, 0.25) is 0 Å². The van der Waals surface area contributed by atoms with Gasteiger partial charge in [0.25, 0.3) is 0 Å². The van der Waals surface area contributed by atoms with Gasteiger partial charge in [-0.15, -0.1) is 0 Å². The summed E-state index contributed by atoms with van der Waals surface area (Å²) in [5.74, 6) is 0.467. The number of rotatable bonds is 3. The lowest BCUT2D eigenvalue weighted by atomic mass is 9.95. The molecule has 0 heterocycles. The molecule has 76 valence electrons. The maximum atomic E-state index is 5.73. The number of hydrogen-bond donors (Lipinski definition) is 1. The van der Waals surface area contributed by atoms with Crippen LogP contribution in [0.1, 0.15) is 12.5 Å². The lowest BCUT2D eigenvalue weighted by molar-refractivity contribution is 0.157. The van der Waals surface area contributed by atoms with Crippen LogP contribution in [0.2, 0.25) is 0 Å². The lowest BCUT2D eigenvalue weighted by Crippen LogP contribution is -2.11. The fraction of sp³-hybridized carbons (Fsp3) is 0.500. The van der Waals surface area contributed by atoms with Crippen molar-refractivity contribution in [3.63, 3.8) is 0 Å². The zero-order chi connectivity index (χ0) is 10.2. The third-order valence-electron chi connectivity index (χ3n) is 3.52. The van der Waals surface area contributed by atoms with E-state index in [9.17, 15) is 0 Å². The molecule has 0 aromatic heterocycles. The van der Waals surface area contributed by atoms with Crippen LogP contribution in [0.5, 0.6) is 0 Å². The van der Waals surface area contributed by atoms with Crippen LogP contribution in [0, 0.1) is 5.92 Å². The zero-order valence-electron chi connectivity index (χ0n) is 8.73. The maximum Gasteiger partial charge on any atom is 0.0718 e. The Morgan fingerprint density at radius 1 is 1.36 bits per heavy atom. The van der Waals surface area contributed by atoms with E-state index in [1.165, 1.54) is 5.56 Å². The van der Waals surface area contributed by atoms with Crippen molar-refractivity contribution >= 4 is 0 Å². The van der Waals surface area contributed by atoms with E-state index >= 15 is 0 Å². The Morgan fingerprint density at radius 3 is 2.43 bits per heavy atom. The standard InChI is InChI=1S/C12H17NO/c1-12(9-6-4-3-5-7-9)10(8-13)11(12)14-2/h3-7,10-11H,8,13H2,1-2H3/t10-,11-,12+/m0/s1. The molecule has 1 aromatic carbocycles. The van der Waals surface area contributed by atoms with E-state index in [2.05, 4.69) is 31.2 Å². The number of methoxy groups -OCH3 is 1. The smallest absolute Gasteiger partial charge is 0.0718 e. The van der Waals surface area contributed by atoms with Crippen LogP contribution in [0.4, 0.5) is 0 Å². The minimum atomic E-state index is 0.130. The normalized spacial score (nSPS) is 35.6. The number of hydrogen-bond acceptors (Lipinski definition) is 2. The summed E-state index contributed by atoms with van der Waals surface area (Å²) < 4.78 is 5.45. The minimum absolute atomic E-state index is 0.130. The summed E-state index contributed by atoms with van der Waals surface area (Å²) in [6.45, 7) is 2.93. The molecular weight excluding hydrogens is 174 g/mol. The first-order chi connectivity index (χ1) is 6.75. The van der Waals surface area contributed by atoms with Gasteiger partial charge in [0.05, 0.1) is 6.10 Å². The van der Waals surface area contributed by atoms with E-state index in [0.717, 1.165) is 0 Å². The molecule has 2 rings (SSSR count). The van der Waals surface area contributed by atoms with Gasteiger partial charge >= 0.3 is 0 Å². The second-order valence-corrected chi connectivity index (χ2v) is 4.15. The molecule has 3 atom stereocenters. The van der Waals surface area contributed by atoms with Gasteiger partial charge in [-0.3, -0.25) is 0 Å². The Labute approximate surface area is 85.1 Å². The fourth-order valence-electron chi connectivity index (χ4n) is 2.51. The summed E-state index contributed by atoms with van der Waals surface area (Å²) in [7, 11) is 1.77. The van der Waals surface area contributed by atoms with Gasteiger partial charge in [-0.2, -0.15) is 0 Å². The van der Waals surface area contributed by atoms with Crippen molar-refractivity contribution in [1.82, 2.24) is 0 Å². The Morgan fingerprint density at radius 2 is 2.00 bits per heavy atom. The fourth-order valence-corrected chi connectivity index (χ4v) is 2.51. The lowest BCUT2D eigenvalue weighted by Gasteiger charge is -2.11. The molecule has 1 saturated carbocycles.